The van der Waals surface area contributed by atoms with Crippen LogP contribution in [0, 0.1) is 0 Å². The van der Waals surface area contributed by atoms with Gasteiger partial charge in [-0.05, 0) is 0 Å². The number of hydrogen-bond donors (Lipinski definition) is 1. The Hall–Kier alpha value is -0.0900. The van der Waals surface area contributed by atoms with Crippen molar-refractivity contribution in [1.82, 2.24) is 4.90 Å². The van der Waals surface area contributed by atoms with E-state index in [2.05, 4.69) is 15.9 Å². The molecule has 1 amide bonds. The predicted octanol–water partition coefficient (Wildman–Crippen LogP) is -0.872. The fourth-order valence-electron chi connectivity index (χ4n) is 1.52. The van der Waals surface area contributed by atoms with Gasteiger partial charge in [0.25, 0.3) is 0 Å². The average molecular weight is 236 g/mol. The summed E-state index contributed by atoms with van der Waals surface area (Å²) in [5, 5.41) is 1.06. The van der Waals surface area contributed by atoms with Gasteiger partial charge >= 0.3 is 0 Å². The standard InChI is InChI=1S/C8H15BrN2O/c1-8(12)11-6-4-10(3-2-9)5-7-11/h2-7H2,1H3/p+1. The van der Waals surface area contributed by atoms with E-state index in [0.29, 0.717) is 0 Å². The quantitative estimate of drug-likeness (QED) is 0.619. The predicted molar refractivity (Wildman–Crippen MR) is 51.6 cm³/mol. The molecule has 1 saturated heterocycles. The molecule has 1 rings (SSSR count). The van der Waals surface area contributed by atoms with Crippen LogP contribution in [0.3, 0.4) is 0 Å². The van der Waals surface area contributed by atoms with Crippen LogP contribution in [0.4, 0.5) is 0 Å². The minimum absolute atomic E-state index is 0.216. The number of carbonyl (C=O) groups excluding carboxylic acids is 1. The second-order valence-electron chi connectivity index (χ2n) is 3.20. The van der Waals surface area contributed by atoms with Gasteiger partial charge in [0.2, 0.25) is 5.91 Å². The van der Waals surface area contributed by atoms with E-state index in [1.807, 2.05) is 4.90 Å². The van der Waals surface area contributed by atoms with Crippen LogP contribution in [0.25, 0.3) is 0 Å². The molecule has 1 N–H and O–H groups in total. The summed E-state index contributed by atoms with van der Waals surface area (Å²) in [6.45, 7) is 6.88. The van der Waals surface area contributed by atoms with Crippen molar-refractivity contribution in [2.45, 2.75) is 6.92 Å². The number of halogens is 1. The lowest BCUT2D eigenvalue weighted by molar-refractivity contribution is -0.901. The molecule has 0 aromatic rings. The van der Waals surface area contributed by atoms with Crippen molar-refractivity contribution >= 4 is 21.8 Å². The highest BCUT2D eigenvalue weighted by molar-refractivity contribution is 9.09. The van der Waals surface area contributed by atoms with Crippen LogP contribution in [0.1, 0.15) is 6.92 Å². The molecule has 1 aliphatic rings. The molecular formula is C8H16BrN2O+. The van der Waals surface area contributed by atoms with E-state index in [9.17, 15) is 4.79 Å². The molecule has 0 aromatic carbocycles. The smallest absolute Gasteiger partial charge is 0.219 e. The lowest BCUT2D eigenvalue weighted by Crippen LogP contribution is -3.15. The van der Waals surface area contributed by atoms with Crippen LogP contribution < -0.4 is 4.90 Å². The first-order valence-corrected chi connectivity index (χ1v) is 5.51. The van der Waals surface area contributed by atoms with Crippen molar-refractivity contribution in [2.24, 2.45) is 0 Å². The normalized spacial score (nSPS) is 19.7. The van der Waals surface area contributed by atoms with Gasteiger partial charge in [-0.2, -0.15) is 0 Å². The zero-order valence-electron chi connectivity index (χ0n) is 7.48. The highest BCUT2D eigenvalue weighted by Crippen LogP contribution is 1.89. The summed E-state index contributed by atoms with van der Waals surface area (Å²) < 4.78 is 0. The van der Waals surface area contributed by atoms with Gasteiger partial charge < -0.3 is 9.80 Å². The fraction of sp³-hybridized carbons (Fsp3) is 0.875. The minimum atomic E-state index is 0.216. The van der Waals surface area contributed by atoms with Gasteiger partial charge in [0.1, 0.15) is 0 Å². The Morgan fingerprint density at radius 2 is 2.08 bits per heavy atom. The van der Waals surface area contributed by atoms with Gasteiger partial charge in [-0.25, -0.2) is 0 Å². The van der Waals surface area contributed by atoms with Crippen LogP contribution in [0.2, 0.25) is 0 Å². The molecule has 0 bridgehead atoms. The second kappa shape index (κ2) is 4.82. The first kappa shape index (κ1) is 9.99. The molecule has 0 aromatic heterocycles. The number of nitrogens with one attached hydrogen (secondary N) is 1. The maximum atomic E-state index is 11.0. The van der Waals surface area contributed by atoms with E-state index in [1.54, 1.807) is 11.8 Å². The monoisotopic (exact) mass is 235 g/mol. The maximum absolute atomic E-state index is 11.0. The van der Waals surface area contributed by atoms with Gasteiger partial charge in [-0.15, -0.1) is 0 Å². The molecule has 4 heteroatoms. The van der Waals surface area contributed by atoms with Crippen molar-refractivity contribution in [2.75, 3.05) is 38.1 Å². The second-order valence-corrected chi connectivity index (χ2v) is 3.99. The summed E-state index contributed by atoms with van der Waals surface area (Å²) in [6, 6.07) is 0. The first-order chi connectivity index (χ1) is 5.74. The molecule has 0 radical (unpaired) electrons. The SMILES string of the molecule is CC(=O)N1CC[NH+](CCBr)CC1. The minimum Gasteiger partial charge on any atom is -0.332 e. The Labute approximate surface area is 81.8 Å². The van der Waals surface area contributed by atoms with Gasteiger partial charge in [0.05, 0.1) is 38.1 Å². The van der Waals surface area contributed by atoms with E-state index in [1.165, 1.54) is 6.54 Å². The Bertz CT molecular complexity index is 155. The third-order valence-corrected chi connectivity index (χ3v) is 2.76. The van der Waals surface area contributed by atoms with E-state index < -0.39 is 0 Å². The fourth-order valence-corrected chi connectivity index (χ4v) is 2.08. The Kier molecular flexibility index (Phi) is 4.01. The molecule has 0 saturated carbocycles. The number of hydrogen-bond acceptors (Lipinski definition) is 1. The summed E-state index contributed by atoms with van der Waals surface area (Å²) in [7, 11) is 0. The van der Waals surface area contributed by atoms with Crippen molar-refractivity contribution in [3.05, 3.63) is 0 Å². The molecule has 3 nitrogen and oxygen atoms in total. The summed E-state index contributed by atoms with van der Waals surface area (Å²) >= 11 is 3.43. The largest absolute Gasteiger partial charge is 0.332 e. The van der Waals surface area contributed by atoms with Gasteiger partial charge in [0, 0.05) is 6.92 Å². The van der Waals surface area contributed by atoms with Gasteiger partial charge in [-0.3, -0.25) is 4.79 Å². The van der Waals surface area contributed by atoms with Crippen molar-refractivity contribution in [3.63, 3.8) is 0 Å². The molecule has 0 atom stereocenters. The Balaban J connectivity index is 2.25. The molecule has 1 fully saturated rings. The molecule has 0 unspecified atom stereocenters. The summed E-state index contributed by atoms with van der Waals surface area (Å²) in [5.41, 5.74) is 0. The zero-order valence-corrected chi connectivity index (χ0v) is 9.06. The highest BCUT2D eigenvalue weighted by atomic mass is 79.9. The lowest BCUT2D eigenvalue weighted by Gasteiger charge is -2.31. The number of amides is 1. The lowest BCUT2D eigenvalue weighted by atomic mass is 10.3. The first-order valence-electron chi connectivity index (χ1n) is 4.39. The number of carbonyl (C=O) groups is 1. The van der Waals surface area contributed by atoms with Crippen LogP contribution >= 0.6 is 15.9 Å². The number of alkyl halides is 1. The molecular weight excluding hydrogens is 220 g/mol. The van der Waals surface area contributed by atoms with E-state index in [4.69, 9.17) is 0 Å². The third kappa shape index (κ3) is 2.75. The number of nitrogens with zero attached hydrogens (tertiary/aromatic N) is 1. The third-order valence-electron chi connectivity index (χ3n) is 2.36. The number of piperazine rings is 1. The van der Waals surface area contributed by atoms with Gasteiger partial charge in [-0.1, -0.05) is 15.9 Å². The molecule has 12 heavy (non-hydrogen) atoms. The van der Waals surface area contributed by atoms with Crippen LogP contribution in [0.15, 0.2) is 0 Å². The summed E-state index contributed by atoms with van der Waals surface area (Å²) in [5.74, 6) is 0.216. The number of rotatable bonds is 2. The Morgan fingerprint density at radius 1 is 1.50 bits per heavy atom. The van der Waals surface area contributed by atoms with Crippen molar-refractivity contribution in [3.8, 4) is 0 Å². The molecule has 70 valence electrons. The maximum Gasteiger partial charge on any atom is 0.219 e. The molecule has 0 aliphatic carbocycles. The Morgan fingerprint density at radius 3 is 2.50 bits per heavy atom. The highest BCUT2D eigenvalue weighted by Gasteiger charge is 2.20. The van der Waals surface area contributed by atoms with Gasteiger partial charge in [0.15, 0.2) is 0 Å². The number of quaternary nitrogens is 1. The van der Waals surface area contributed by atoms with E-state index >= 15 is 0 Å². The average Bonchev–Trinajstić information content (AvgIpc) is 2.06. The summed E-state index contributed by atoms with van der Waals surface area (Å²) in [4.78, 5) is 14.5. The zero-order chi connectivity index (χ0) is 8.97. The molecule has 1 aliphatic heterocycles. The van der Waals surface area contributed by atoms with Crippen molar-refractivity contribution < 1.29 is 9.69 Å². The van der Waals surface area contributed by atoms with Crippen LogP contribution in [-0.4, -0.2) is 48.9 Å². The topological polar surface area (TPSA) is 24.8 Å². The molecule has 1 heterocycles. The molecule has 0 spiro atoms. The van der Waals surface area contributed by atoms with Crippen LogP contribution in [-0.2, 0) is 4.79 Å². The van der Waals surface area contributed by atoms with E-state index in [-0.39, 0.29) is 5.91 Å². The van der Waals surface area contributed by atoms with Crippen LogP contribution in [0.5, 0.6) is 0 Å². The van der Waals surface area contributed by atoms with Crippen molar-refractivity contribution in [1.29, 1.82) is 0 Å². The summed E-state index contributed by atoms with van der Waals surface area (Å²) in [6.07, 6.45) is 0. The van der Waals surface area contributed by atoms with E-state index in [0.717, 1.165) is 31.5 Å².